The molecule has 0 saturated carbocycles. The summed E-state index contributed by atoms with van der Waals surface area (Å²) in [5.74, 6) is -0.390. The van der Waals surface area contributed by atoms with Crippen LogP contribution in [0.5, 0.6) is 0 Å². The average Bonchev–Trinajstić information content (AvgIpc) is 2.55. The van der Waals surface area contributed by atoms with E-state index in [1.54, 1.807) is 12.1 Å². The molecule has 0 amide bonds. The van der Waals surface area contributed by atoms with Gasteiger partial charge in [0.15, 0.2) is 0 Å². The summed E-state index contributed by atoms with van der Waals surface area (Å²) in [6, 6.07) is 9.61. The SMILES string of the molecule is Cc1cc(F)ccc1S(=O)(=O)Nc1ccc(N2CCCCS2(=O)=O)cc1. The quantitative estimate of drug-likeness (QED) is 0.858. The van der Waals surface area contributed by atoms with Crippen LogP contribution in [0.15, 0.2) is 47.4 Å². The first kappa shape index (κ1) is 18.7. The number of nitrogens with zero attached hydrogens (tertiary/aromatic N) is 1. The van der Waals surface area contributed by atoms with Gasteiger partial charge in [-0.3, -0.25) is 9.03 Å². The van der Waals surface area contributed by atoms with Crippen molar-refractivity contribution in [2.45, 2.75) is 24.7 Å². The van der Waals surface area contributed by atoms with E-state index in [1.165, 1.54) is 29.4 Å². The molecule has 1 heterocycles. The zero-order valence-electron chi connectivity index (χ0n) is 14.1. The molecule has 3 rings (SSSR count). The minimum absolute atomic E-state index is 0.0124. The summed E-state index contributed by atoms with van der Waals surface area (Å²) in [7, 11) is -7.19. The van der Waals surface area contributed by atoms with Gasteiger partial charge in [-0.25, -0.2) is 21.2 Å². The van der Waals surface area contributed by atoms with Crippen molar-refractivity contribution >= 4 is 31.4 Å². The molecule has 140 valence electrons. The predicted octanol–water partition coefficient (Wildman–Crippen LogP) is 2.86. The number of nitrogens with one attached hydrogen (secondary N) is 1. The minimum Gasteiger partial charge on any atom is -0.280 e. The van der Waals surface area contributed by atoms with E-state index < -0.39 is 25.9 Å². The molecule has 1 fully saturated rings. The summed E-state index contributed by atoms with van der Waals surface area (Å²) >= 11 is 0. The third-order valence-electron chi connectivity index (χ3n) is 4.18. The van der Waals surface area contributed by atoms with E-state index in [0.29, 0.717) is 29.9 Å². The molecule has 2 aromatic carbocycles. The van der Waals surface area contributed by atoms with Crippen LogP contribution in [-0.4, -0.2) is 29.1 Å². The number of sulfonamides is 2. The number of rotatable bonds is 4. The van der Waals surface area contributed by atoms with Gasteiger partial charge < -0.3 is 0 Å². The maximum Gasteiger partial charge on any atom is 0.262 e. The molecule has 0 aliphatic carbocycles. The van der Waals surface area contributed by atoms with E-state index in [2.05, 4.69) is 4.72 Å². The molecular formula is C17H19FN2O4S2. The fraction of sp³-hybridized carbons (Fsp3) is 0.294. The monoisotopic (exact) mass is 398 g/mol. The Labute approximate surface area is 152 Å². The zero-order valence-corrected chi connectivity index (χ0v) is 15.8. The Morgan fingerprint density at radius 2 is 1.77 bits per heavy atom. The smallest absolute Gasteiger partial charge is 0.262 e. The highest BCUT2D eigenvalue weighted by Crippen LogP contribution is 2.26. The van der Waals surface area contributed by atoms with Gasteiger partial charge in [-0.1, -0.05) is 0 Å². The third-order valence-corrected chi connectivity index (χ3v) is 7.59. The Morgan fingerprint density at radius 3 is 2.38 bits per heavy atom. The van der Waals surface area contributed by atoms with Crippen LogP contribution in [0.1, 0.15) is 18.4 Å². The molecule has 6 nitrogen and oxygen atoms in total. The van der Waals surface area contributed by atoms with Crippen LogP contribution in [0.3, 0.4) is 0 Å². The Morgan fingerprint density at radius 1 is 1.08 bits per heavy atom. The van der Waals surface area contributed by atoms with E-state index in [-0.39, 0.29) is 10.6 Å². The molecule has 1 aliphatic heterocycles. The molecule has 0 aromatic heterocycles. The van der Waals surface area contributed by atoms with Crippen LogP contribution in [0.2, 0.25) is 0 Å². The topological polar surface area (TPSA) is 83.6 Å². The van der Waals surface area contributed by atoms with E-state index in [4.69, 9.17) is 0 Å². The number of anilines is 2. The number of halogens is 1. The zero-order chi connectivity index (χ0) is 18.9. The van der Waals surface area contributed by atoms with Crippen LogP contribution < -0.4 is 9.03 Å². The van der Waals surface area contributed by atoms with Crippen LogP contribution >= 0.6 is 0 Å². The highest BCUT2D eigenvalue weighted by Gasteiger charge is 2.26. The van der Waals surface area contributed by atoms with Gasteiger partial charge in [0.25, 0.3) is 10.0 Å². The molecule has 9 heteroatoms. The van der Waals surface area contributed by atoms with Gasteiger partial charge in [0.1, 0.15) is 5.82 Å². The highest BCUT2D eigenvalue weighted by atomic mass is 32.2. The molecule has 0 bridgehead atoms. The van der Waals surface area contributed by atoms with E-state index in [0.717, 1.165) is 18.6 Å². The van der Waals surface area contributed by atoms with Crippen molar-refractivity contribution in [2.24, 2.45) is 0 Å². The molecule has 26 heavy (non-hydrogen) atoms. The minimum atomic E-state index is -3.87. The molecular weight excluding hydrogens is 379 g/mol. The predicted molar refractivity (Wildman–Crippen MR) is 98.8 cm³/mol. The molecule has 1 saturated heterocycles. The fourth-order valence-electron chi connectivity index (χ4n) is 2.90. The second-order valence-electron chi connectivity index (χ2n) is 6.16. The van der Waals surface area contributed by atoms with Crippen molar-refractivity contribution in [2.75, 3.05) is 21.3 Å². The van der Waals surface area contributed by atoms with E-state index >= 15 is 0 Å². The second kappa shape index (κ2) is 6.88. The number of hydrogen-bond acceptors (Lipinski definition) is 4. The lowest BCUT2D eigenvalue weighted by Gasteiger charge is -2.28. The third kappa shape index (κ3) is 3.83. The van der Waals surface area contributed by atoms with Gasteiger partial charge in [-0.2, -0.15) is 0 Å². The highest BCUT2D eigenvalue weighted by molar-refractivity contribution is 7.93. The largest absolute Gasteiger partial charge is 0.280 e. The van der Waals surface area contributed by atoms with Gasteiger partial charge >= 0.3 is 0 Å². The summed E-state index contributed by atoms with van der Waals surface area (Å²) in [6.45, 7) is 1.93. The van der Waals surface area contributed by atoms with Gasteiger partial charge in [-0.15, -0.1) is 0 Å². The fourth-order valence-corrected chi connectivity index (χ4v) is 5.82. The average molecular weight is 398 g/mol. The van der Waals surface area contributed by atoms with Crippen molar-refractivity contribution in [3.05, 3.63) is 53.8 Å². The molecule has 0 spiro atoms. The summed E-state index contributed by atoms with van der Waals surface area (Å²) in [5, 5.41) is 0. The maximum atomic E-state index is 13.2. The van der Waals surface area contributed by atoms with Gasteiger partial charge in [0.2, 0.25) is 10.0 Å². The van der Waals surface area contributed by atoms with E-state index in [1.807, 2.05) is 0 Å². The van der Waals surface area contributed by atoms with Crippen LogP contribution in [0, 0.1) is 12.7 Å². The summed E-state index contributed by atoms with van der Waals surface area (Å²) < 4.78 is 66.2. The second-order valence-corrected chi connectivity index (χ2v) is 9.82. The number of benzene rings is 2. The normalized spacial score (nSPS) is 17.1. The van der Waals surface area contributed by atoms with Crippen molar-refractivity contribution in [3.63, 3.8) is 0 Å². The summed E-state index contributed by atoms with van der Waals surface area (Å²) in [5.41, 5.74) is 1.10. The molecule has 2 aromatic rings. The standard InChI is InChI=1S/C17H19FN2O4S2/c1-13-12-14(18)4-9-17(13)26(23,24)19-15-5-7-16(8-6-15)20-10-2-3-11-25(20,21)22/h4-9,12,19H,2-3,10-11H2,1H3. The van der Waals surface area contributed by atoms with Crippen LogP contribution in [0.25, 0.3) is 0 Å². The van der Waals surface area contributed by atoms with Gasteiger partial charge in [-0.05, 0) is 67.8 Å². The van der Waals surface area contributed by atoms with Gasteiger partial charge in [0, 0.05) is 12.2 Å². The van der Waals surface area contributed by atoms with Crippen LogP contribution in [0.4, 0.5) is 15.8 Å². The Kier molecular flexibility index (Phi) is 4.94. The molecule has 0 unspecified atom stereocenters. The number of hydrogen-bond donors (Lipinski definition) is 1. The molecule has 1 aliphatic rings. The van der Waals surface area contributed by atoms with Crippen molar-refractivity contribution in [1.82, 2.24) is 0 Å². The molecule has 1 N–H and O–H groups in total. The molecule has 0 radical (unpaired) electrons. The summed E-state index contributed by atoms with van der Waals surface area (Å²) in [4.78, 5) is -0.0124. The van der Waals surface area contributed by atoms with Gasteiger partial charge in [0.05, 0.1) is 16.3 Å². The molecule has 0 atom stereocenters. The van der Waals surface area contributed by atoms with Crippen molar-refractivity contribution in [1.29, 1.82) is 0 Å². The summed E-state index contributed by atoms with van der Waals surface area (Å²) in [6.07, 6.45) is 1.44. The first-order valence-corrected chi connectivity index (χ1v) is 11.2. The van der Waals surface area contributed by atoms with E-state index in [9.17, 15) is 21.2 Å². The lowest BCUT2D eigenvalue weighted by atomic mass is 10.2. The lowest BCUT2D eigenvalue weighted by Crippen LogP contribution is -2.37. The lowest BCUT2D eigenvalue weighted by molar-refractivity contribution is 0.574. The van der Waals surface area contributed by atoms with Crippen molar-refractivity contribution < 1.29 is 21.2 Å². The number of aryl methyl sites for hydroxylation is 1. The first-order valence-electron chi connectivity index (χ1n) is 8.08. The maximum absolute atomic E-state index is 13.2. The Balaban J connectivity index is 1.83. The Bertz CT molecular complexity index is 1020. The van der Waals surface area contributed by atoms with Crippen molar-refractivity contribution in [3.8, 4) is 0 Å². The van der Waals surface area contributed by atoms with Crippen LogP contribution in [-0.2, 0) is 20.0 Å². The first-order chi connectivity index (χ1) is 12.2. The Hall–Kier alpha value is -2.13.